The van der Waals surface area contributed by atoms with Crippen LogP contribution in [-0.2, 0) is 59.0 Å². The molecule has 3 unspecified atom stereocenters. The molecule has 4 saturated heterocycles. The Balaban J connectivity index is 1.41. The standard InChI is InChI=1S/C44H63N3O11/c1-12-35-44(9)39(49)26(4)36(58-44)24(2)20-43(8)40(57-42-38(55-29(7)48)34(47(10)11)19-25(3)54-42)27(5)37(28(6)41(50)56-35)51-21-32(22-52-43)46-53-23-31-18-17-30-15-13-14-16-33(30)45-31/h13-18,24-28,34-38,40,42H,12,19-23H2,1-11H3/b46-32+/t24-,25-,26?,27-,28-,34+,35-,36?,37+,38-,40-,42+,43+,44?/m1/s1. The molecule has 0 N–H and O–H groups in total. The third-order valence-corrected chi connectivity index (χ3v) is 12.7. The molecule has 0 radical (unpaired) electrons. The molecule has 0 spiro atoms. The van der Waals surface area contributed by atoms with Gasteiger partial charge >= 0.3 is 11.9 Å². The number of hydrogen-bond acceptors (Lipinski definition) is 14. The first-order valence-corrected chi connectivity index (χ1v) is 20.8. The van der Waals surface area contributed by atoms with Gasteiger partial charge < -0.3 is 42.9 Å². The molecule has 1 aromatic heterocycles. The van der Waals surface area contributed by atoms with Gasteiger partial charge in [-0.1, -0.05) is 57.1 Å². The van der Waals surface area contributed by atoms with Crippen LogP contribution in [0.5, 0.6) is 0 Å². The fourth-order valence-corrected chi connectivity index (χ4v) is 9.63. The molecule has 58 heavy (non-hydrogen) atoms. The van der Waals surface area contributed by atoms with E-state index in [0.29, 0.717) is 30.7 Å². The maximum Gasteiger partial charge on any atom is 0.311 e. The van der Waals surface area contributed by atoms with E-state index < -0.39 is 77.7 Å². The molecule has 4 aliphatic rings. The number of para-hydroxylation sites is 1. The van der Waals surface area contributed by atoms with Crippen molar-refractivity contribution in [1.82, 2.24) is 9.88 Å². The van der Waals surface area contributed by atoms with E-state index in [4.69, 9.17) is 43.0 Å². The summed E-state index contributed by atoms with van der Waals surface area (Å²) < 4.78 is 46.2. The maximum absolute atomic E-state index is 14.3. The number of oxime groups is 1. The minimum absolute atomic E-state index is 0.00223. The van der Waals surface area contributed by atoms with E-state index in [1.165, 1.54) is 6.92 Å². The van der Waals surface area contributed by atoms with Gasteiger partial charge in [-0.25, -0.2) is 4.98 Å². The molecule has 14 heteroatoms. The van der Waals surface area contributed by atoms with Crippen molar-refractivity contribution in [2.75, 3.05) is 27.3 Å². The lowest BCUT2D eigenvalue weighted by molar-refractivity contribution is -0.305. The van der Waals surface area contributed by atoms with Crippen molar-refractivity contribution in [2.24, 2.45) is 28.8 Å². The Morgan fingerprint density at radius 3 is 2.45 bits per heavy atom. The minimum atomic E-state index is -1.33. The predicted octanol–water partition coefficient (Wildman–Crippen LogP) is 5.66. The summed E-state index contributed by atoms with van der Waals surface area (Å²) >= 11 is 0. The second-order valence-electron chi connectivity index (χ2n) is 17.5. The van der Waals surface area contributed by atoms with Gasteiger partial charge in [-0.2, -0.15) is 0 Å². The summed E-state index contributed by atoms with van der Waals surface area (Å²) in [5.41, 5.74) is -0.446. The average Bonchev–Trinajstić information content (AvgIpc) is 3.43. The number of hydrogen-bond donors (Lipinski definition) is 0. The Morgan fingerprint density at radius 2 is 1.74 bits per heavy atom. The molecule has 14 nitrogen and oxygen atoms in total. The van der Waals surface area contributed by atoms with Crippen molar-refractivity contribution in [3.63, 3.8) is 0 Å². The van der Waals surface area contributed by atoms with Crippen molar-refractivity contribution in [1.29, 1.82) is 0 Å². The summed E-state index contributed by atoms with van der Waals surface area (Å²) in [5.74, 6) is -3.17. The first-order chi connectivity index (χ1) is 27.4. The number of aromatic nitrogens is 1. The van der Waals surface area contributed by atoms with E-state index >= 15 is 0 Å². The number of nitrogens with zero attached hydrogens (tertiary/aromatic N) is 3. The second-order valence-corrected chi connectivity index (χ2v) is 17.5. The van der Waals surface area contributed by atoms with Crippen LogP contribution in [0, 0.1) is 23.7 Å². The topological polar surface area (TPSA) is 154 Å². The molecular weight excluding hydrogens is 746 g/mol. The molecule has 1 aromatic carbocycles. The number of likely N-dealkylation sites (N-methyl/N-ethyl adjacent to an activating group) is 1. The number of Topliss-reactive ketones (excluding diaryl/α,β-unsaturated/α-hetero) is 1. The van der Waals surface area contributed by atoms with Gasteiger partial charge in [-0.15, -0.1) is 0 Å². The molecule has 4 fully saturated rings. The van der Waals surface area contributed by atoms with Gasteiger partial charge in [0.25, 0.3) is 0 Å². The second kappa shape index (κ2) is 18.0. The van der Waals surface area contributed by atoms with Crippen LogP contribution in [0.3, 0.4) is 0 Å². The van der Waals surface area contributed by atoms with Gasteiger partial charge in [-0.05, 0) is 79.1 Å². The summed E-state index contributed by atoms with van der Waals surface area (Å²) in [7, 11) is 3.87. The lowest BCUT2D eigenvalue weighted by Gasteiger charge is -2.48. The third kappa shape index (κ3) is 9.12. The maximum atomic E-state index is 14.3. The highest BCUT2D eigenvalue weighted by atomic mass is 16.7. The van der Waals surface area contributed by atoms with Crippen LogP contribution in [-0.4, -0.2) is 121 Å². The summed E-state index contributed by atoms with van der Waals surface area (Å²) in [4.78, 5) is 53.5. The van der Waals surface area contributed by atoms with Crippen molar-refractivity contribution in [2.45, 2.75) is 148 Å². The largest absolute Gasteiger partial charge is 0.459 e. The first kappa shape index (κ1) is 44.0. The number of carbonyl (C=O) groups excluding carboxylic acids is 3. The monoisotopic (exact) mass is 809 g/mol. The Kier molecular flexibility index (Phi) is 13.7. The van der Waals surface area contributed by atoms with Crippen LogP contribution in [0.15, 0.2) is 41.6 Å². The van der Waals surface area contributed by atoms with Gasteiger partial charge in [0.05, 0.1) is 66.4 Å². The number of ether oxygens (including phenoxy) is 7. The van der Waals surface area contributed by atoms with Crippen molar-refractivity contribution < 1.29 is 52.4 Å². The Labute approximate surface area is 342 Å². The lowest BCUT2D eigenvalue weighted by atomic mass is 9.75. The van der Waals surface area contributed by atoms with E-state index in [0.717, 1.165) is 10.9 Å². The molecule has 5 heterocycles. The molecule has 0 aliphatic carbocycles. The molecular formula is C44H63N3O11. The van der Waals surface area contributed by atoms with Gasteiger partial charge in [0.2, 0.25) is 0 Å². The fraction of sp³-hybridized carbons (Fsp3) is 0.705. The number of ketones is 1. The highest BCUT2D eigenvalue weighted by molar-refractivity contribution is 5.92. The van der Waals surface area contributed by atoms with Crippen LogP contribution in [0.2, 0.25) is 0 Å². The quantitative estimate of drug-likeness (QED) is 0.238. The first-order valence-electron chi connectivity index (χ1n) is 20.8. The summed E-state index contributed by atoms with van der Waals surface area (Å²) in [6.45, 7) is 16.7. The van der Waals surface area contributed by atoms with E-state index in [-0.39, 0.29) is 43.7 Å². The van der Waals surface area contributed by atoms with Gasteiger partial charge in [0.15, 0.2) is 30.4 Å². The number of cyclic esters (lactones) is 1. The normalized spacial score (nSPS) is 39.6. The molecule has 4 bridgehead atoms. The number of carbonyl (C=O) groups is 3. The lowest BCUT2D eigenvalue weighted by Crippen LogP contribution is -2.60. The van der Waals surface area contributed by atoms with Crippen molar-refractivity contribution in [3.8, 4) is 0 Å². The Morgan fingerprint density at radius 1 is 1.00 bits per heavy atom. The smallest absolute Gasteiger partial charge is 0.311 e. The molecule has 6 rings (SSSR count). The molecule has 4 aliphatic heterocycles. The number of esters is 2. The SMILES string of the molecule is CC[C@H]1OC(=O)[C@H](C)[C@H]2OC/C(=N\OCc3ccc4ccccc4n3)CO[C@@](C)(C[C@@H](C)C3OC1(C)C(=O)C3C)[C@H](O[C@@H]1O[C@H](C)C[C@H](N(C)C)[C@H]1OC(C)=O)[C@@H]2C. The molecule has 2 aromatic rings. The van der Waals surface area contributed by atoms with Gasteiger partial charge in [0, 0.05) is 24.1 Å². The summed E-state index contributed by atoms with van der Waals surface area (Å²) in [6, 6.07) is 11.5. The Bertz CT molecular complexity index is 1820. The van der Waals surface area contributed by atoms with Crippen LogP contribution in [0.4, 0.5) is 0 Å². The highest BCUT2D eigenvalue weighted by Gasteiger charge is 2.59. The molecule has 14 atom stereocenters. The average molecular weight is 810 g/mol. The highest BCUT2D eigenvalue weighted by Crippen LogP contribution is 2.45. The van der Waals surface area contributed by atoms with Gasteiger partial charge in [-0.3, -0.25) is 14.4 Å². The van der Waals surface area contributed by atoms with E-state index in [1.807, 2.05) is 96.9 Å². The fourth-order valence-electron chi connectivity index (χ4n) is 9.63. The predicted molar refractivity (Wildman–Crippen MR) is 215 cm³/mol. The van der Waals surface area contributed by atoms with Crippen LogP contribution < -0.4 is 0 Å². The zero-order valence-electron chi connectivity index (χ0n) is 36.0. The third-order valence-electron chi connectivity index (χ3n) is 12.7. The number of fused-ring (bicyclic) bond motifs is 6. The van der Waals surface area contributed by atoms with Crippen LogP contribution in [0.1, 0.15) is 87.3 Å². The number of rotatable bonds is 8. The van der Waals surface area contributed by atoms with Crippen LogP contribution >= 0.6 is 0 Å². The zero-order chi connectivity index (χ0) is 42.1. The van der Waals surface area contributed by atoms with Crippen molar-refractivity contribution in [3.05, 3.63) is 42.1 Å². The van der Waals surface area contributed by atoms with Crippen molar-refractivity contribution >= 4 is 34.3 Å². The van der Waals surface area contributed by atoms with E-state index in [9.17, 15) is 14.4 Å². The van der Waals surface area contributed by atoms with E-state index in [1.54, 1.807) is 13.8 Å². The van der Waals surface area contributed by atoms with E-state index in [2.05, 4.69) is 5.16 Å². The zero-order valence-corrected chi connectivity index (χ0v) is 36.0. The molecule has 0 amide bonds. The summed E-state index contributed by atoms with van der Waals surface area (Å²) in [5, 5.41) is 5.53. The Hall–Kier alpha value is -3.53. The molecule has 0 saturated carbocycles. The van der Waals surface area contributed by atoms with Crippen LogP contribution in [0.25, 0.3) is 10.9 Å². The minimum Gasteiger partial charge on any atom is -0.459 e. The van der Waals surface area contributed by atoms with Gasteiger partial charge in [0.1, 0.15) is 11.8 Å². The number of benzene rings is 1. The summed E-state index contributed by atoms with van der Waals surface area (Å²) in [6.07, 6.45) is -3.56. The number of pyridine rings is 1. The molecule has 320 valence electrons.